The van der Waals surface area contributed by atoms with E-state index in [9.17, 15) is 0 Å². The van der Waals surface area contributed by atoms with Gasteiger partial charge in [0.15, 0.2) is 0 Å². The highest BCUT2D eigenvalue weighted by Crippen LogP contribution is 2.28. The van der Waals surface area contributed by atoms with Gasteiger partial charge in [-0.1, -0.05) is 0 Å². The van der Waals surface area contributed by atoms with Gasteiger partial charge in [0, 0.05) is 12.0 Å². The molecule has 1 heterocycles. The SMILES string of the molecule is Cc1ccc(OC2CCCC2CN)nn1. The van der Waals surface area contributed by atoms with Crippen molar-refractivity contribution >= 4 is 0 Å². The maximum absolute atomic E-state index is 5.78. The van der Waals surface area contributed by atoms with Gasteiger partial charge in [0.25, 0.3) is 0 Å². The maximum atomic E-state index is 5.78. The minimum absolute atomic E-state index is 0.229. The molecule has 0 amide bonds. The molecule has 1 aromatic rings. The molecule has 0 saturated heterocycles. The minimum atomic E-state index is 0.229. The summed E-state index contributed by atoms with van der Waals surface area (Å²) in [5, 5.41) is 7.96. The highest BCUT2D eigenvalue weighted by Gasteiger charge is 2.28. The summed E-state index contributed by atoms with van der Waals surface area (Å²) < 4.78 is 5.78. The first-order valence-electron chi connectivity index (χ1n) is 5.46. The van der Waals surface area contributed by atoms with Crippen molar-refractivity contribution in [2.75, 3.05) is 6.54 Å². The van der Waals surface area contributed by atoms with Crippen molar-refractivity contribution in [3.8, 4) is 5.88 Å². The molecule has 4 heteroatoms. The molecule has 0 radical (unpaired) electrons. The molecule has 1 aliphatic carbocycles. The second-order valence-electron chi connectivity index (χ2n) is 4.10. The van der Waals surface area contributed by atoms with Crippen molar-refractivity contribution in [2.24, 2.45) is 11.7 Å². The molecule has 2 atom stereocenters. The summed E-state index contributed by atoms with van der Waals surface area (Å²) in [6.07, 6.45) is 3.68. The number of hydrogen-bond acceptors (Lipinski definition) is 4. The van der Waals surface area contributed by atoms with E-state index >= 15 is 0 Å². The smallest absolute Gasteiger partial charge is 0.233 e. The van der Waals surface area contributed by atoms with Crippen molar-refractivity contribution < 1.29 is 4.74 Å². The predicted octanol–water partition coefficient (Wildman–Crippen LogP) is 1.29. The van der Waals surface area contributed by atoms with Crippen molar-refractivity contribution in [1.29, 1.82) is 0 Å². The molecule has 82 valence electrons. The van der Waals surface area contributed by atoms with Crippen LogP contribution in [0.4, 0.5) is 0 Å². The van der Waals surface area contributed by atoms with Gasteiger partial charge in [0.2, 0.25) is 5.88 Å². The highest BCUT2D eigenvalue weighted by atomic mass is 16.5. The molecule has 1 fully saturated rings. The molecule has 2 rings (SSSR count). The lowest BCUT2D eigenvalue weighted by molar-refractivity contribution is 0.154. The Hall–Kier alpha value is -1.16. The standard InChI is InChI=1S/C11H17N3O/c1-8-5-6-11(14-13-8)15-10-4-2-3-9(10)7-12/h5-6,9-10H,2-4,7,12H2,1H3. The van der Waals surface area contributed by atoms with Crippen LogP contribution in [0.3, 0.4) is 0 Å². The van der Waals surface area contributed by atoms with Gasteiger partial charge in [0.05, 0.1) is 5.69 Å². The first kappa shape index (κ1) is 10.4. The fourth-order valence-corrected chi connectivity index (χ4v) is 2.03. The second kappa shape index (κ2) is 4.57. The van der Waals surface area contributed by atoms with Crippen LogP contribution in [-0.4, -0.2) is 22.8 Å². The molecule has 2 N–H and O–H groups in total. The van der Waals surface area contributed by atoms with E-state index in [1.165, 1.54) is 12.8 Å². The highest BCUT2D eigenvalue weighted by molar-refractivity contribution is 5.11. The summed E-state index contributed by atoms with van der Waals surface area (Å²) in [4.78, 5) is 0. The number of aryl methyl sites for hydroxylation is 1. The van der Waals surface area contributed by atoms with E-state index in [2.05, 4.69) is 10.2 Å². The van der Waals surface area contributed by atoms with E-state index in [0.717, 1.165) is 12.1 Å². The van der Waals surface area contributed by atoms with Crippen LogP contribution in [0.2, 0.25) is 0 Å². The largest absolute Gasteiger partial charge is 0.473 e. The minimum Gasteiger partial charge on any atom is -0.473 e. The Morgan fingerprint density at radius 2 is 2.27 bits per heavy atom. The van der Waals surface area contributed by atoms with Crippen LogP contribution in [0.25, 0.3) is 0 Å². The van der Waals surface area contributed by atoms with Gasteiger partial charge in [-0.25, -0.2) is 0 Å². The first-order valence-corrected chi connectivity index (χ1v) is 5.46. The number of hydrogen-bond donors (Lipinski definition) is 1. The Bertz CT molecular complexity index is 312. The molecule has 0 aliphatic heterocycles. The second-order valence-corrected chi connectivity index (χ2v) is 4.10. The number of nitrogens with two attached hydrogens (primary N) is 1. The molecule has 15 heavy (non-hydrogen) atoms. The molecule has 1 aromatic heterocycles. The normalized spacial score (nSPS) is 25.5. The van der Waals surface area contributed by atoms with Crippen molar-refractivity contribution in [2.45, 2.75) is 32.3 Å². The monoisotopic (exact) mass is 207 g/mol. The third-order valence-electron chi connectivity index (χ3n) is 2.94. The van der Waals surface area contributed by atoms with Crippen molar-refractivity contribution in [1.82, 2.24) is 10.2 Å². The summed E-state index contributed by atoms with van der Waals surface area (Å²) >= 11 is 0. The Balaban J connectivity index is 1.99. The molecule has 0 bridgehead atoms. The third kappa shape index (κ3) is 2.45. The summed E-state index contributed by atoms with van der Waals surface area (Å²) in [6.45, 7) is 2.61. The Kier molecular flexibility index (Phi) is 3.16. The summed E-state index contributed by atoms with van der Waals surface area (Å²) in [5.74, 6) is 1.10. The molecule has 0 aromatic carbocycles. The fraction of sp³-hybridized carbons (Fsp3) is 0.636. The number of ether oxygens (including phenoxy) is 1. The summed E-state index contributed by atoms with van der Waals surface area (Å²) in [5.41, 5.74) is 6.59. The van der Waals surface area contributed by atoms with Gasteiger partial charge >= 0.3 is 0 Å². The van der Waals surface area contributed by atoms with Gasteiger partial charge < -0.3 is 10.5 Å². The van der Waals surface area contributed by atoms with Crippen LogP contribution in [-0.2, 0) is 0 Å². The average molecular weight is 207 g/mol. The fourth-order valence-electron chi connectivity index (χ4n) is 2.03. The Labute approximate surface area is 89.8 Å². The number of nitrogens with zero attached hydrogens (tertiary/aromatic N) is 2. The lowest BCUT2D eigenvalue weighted by Gasteiger charge is -2.18. The third-order valence-corrected chi connectivity index (χ3v) is 2.94. The zero-order valence-corrected chi connectivity index (χ0v) is 9.02. The molecule has 1 saturated carbocycles. The van der Waals surface area contributed by atoms with Crippen LogP contribution in [0, 0.1) is 12.8 Å². The van der Waals surface area contributed by atoms with Crippen LogP contribution < -0.4 is 10.5 Å². The molecule has 0 spiro atoms. The van der Waals surface area contributed by atoms with E-state index in [1.807, 2.05) is 19.1 Å². The van der Waals surface area contributed by atoms with Crippen molar-refractivity contribution in [3.05, 3.63) is 17.8 Å². The Morgan fingerprint density at radius 1 is 1.40 bits per heavy atom. The van der Waals surface area contributed by atoms with Gasteiger partial charge in [-0.05, 0) is 38.8 Å². The zero-order chi connectivity index (χ0) is 10.7. The lowest BCUT2D eigenvalue weighted by Crippen LogP contribution is -2.28. The molecular formula is C11H17N3O. The molecular weight excluding hydrogens is 190 g/mol. The zero-order valence-electron chi connectivity index (χ0n) is 9.02. The Morgan fingerprint density at radius 3 is 2.93 bits per heavy atom. The quantitative estimate of drug-likeness (QED) is 0.811. The van der Waals surface area contributed by atoms with Gasteiger partial charge in [-0.15, -0.1) is 5.10 Å². The van der Waals surface area contributed by atoms with E-state index in [1.54, 1.807) is 0 Å². The predicted molar refractivity (Wildman–Crippen MR) is 57.6 cm³/mol. The van der Waals surface area contributed by atoms with Crippen molar-refractivity contribution in [3.63, 3.8) is 0 Å². The maximum Gasteiger partial charge on any atom is 0.233 e. The van der Waals surface area contributed by atoms with Crippen LogP contribution >= 0.6 is 0 Å². The lowest BCUT2D eigenvalue weighted by atomic mass is 10.1. The van der Waals surface area contributed by atoms with Gasteiger partial charge in [0.1, 0.15) is 6.10 Å². The van der Waals surface area contributed by atoms with Gasteiger partial charge in [-0.3, -0.25) is 0 Å². The van der Waals surface area contributed by atoms with E-state index < -0.39 is 0 Å². The molecule has 4 nitrogen and oxygen atoms in total. The number of rotatable bonds is 3. The summed E-state index contributed by atoms with van der Waals surface area (Å²) in [7, 11) is 0. The number of aromatic nitrogens is 2. The topological polar surface area (TPSA) is 61.0 Å². The van der Waals surface area contributed by atoms with Gasteiger partial charge in [-0.2, -0.15) is 5.10 Å². The van der Waals surface area contributed by atoms with Crippen LogP contribution in [0.1, 0.15) is 25.0 Å². The van der Waals surface area contributed by atoms with E-state index in [-0.39, 0.29) is 6.10 Å². The first-order chi connectivity index (χ1) is 7.29. The molecule has 1 aliphatic rings. The van der Waals surface area contributed by atoms with E-state index in [0.29, 0.717) is 18.3 Å². The molecule has 2 unspecified atom stereocenters. The van der Waals surface area contributed by atoms with Crippen LogP contribution in [0.15, 0.2) is 12.1 Å². The summed E-state index contributed by atoms with van der Waals surface area (Å²) in [6, 6.07) is 3.78. The van der Waals surface area contributed by atoms with E-state index in [4.69, 9.17) is 10.5 Å². The average Bonchev–Trinajstić information content (AvgIpc) is 2.69. The van der Waals surface area contributed by atoms with Crippen LogP contribution in [0.5, 0.6) is 5.88 Å².